The van der Waals surface area contributed by atoms with Crippen LogP contribution in [0.15, 0.2) is 47.4 Å². The molecule has 1 aliphatic heterocycles. The van der Waals surface area contributed by atoms with Gasteiger partial charge in [-0.05, 0) is 56.8 Å². The highest BCUT2D eigenvalue weighted by atomic mass is 32.2. The van der Waals surface area contributed by atoms with Gasteiger partial charge in [-0.2, -0.15) is 4.31 Å². The molecule has 0 unspecified atom stereocenters. The topological polar surface area (TPSA) is 70.1 Å². The monoisotopic (exact) mass is 432 g/mol. The van der Waals surface area contributed by atoms with Gasteiger partial charge in [0.2, 0.25) is 10.0 Å². The molecular formula is C23H32N2O4S. The summed E-state index contributed by atoms with van der Waals surface area (Å²) in [5.41, 5.74) is 3.07. The average Bonchev–Trinajstić information content (AvgIpc) is 2.69. The van der Waals surface area contributed by atoms with Crippen LogP contribution in [0, 0.1) is 12.8 Å². The summed E-state index contributed by atoms with van der Waals surface area (Å²) in [6.45, 7) is 6.48. The largest absolute Gasteiger partial charge is 0.487 e. The van der Waals surface area contributed by atoms with Crippen molar-refractivity contribution in [2.45, 2.75) is 37.8 Å². The Balaban J connectivity index is 2.17. The maximum atomic E-state index is 13.5. The minimum atomic E-state index is -3.81. The Morgan fingerprint density at radius 1 is 1.23 bits per heavy atom. The number of aliphatic hydroxyl groups is 1. The smallest absolute Gasteiger partial charge is 0.247 e. The molecule has 7 heteroatoms. The Morgan fingerprint density at radius 3 is 2.57 bits per heavy atom. The Hall–Kier alpha value is -1.93. The van der Waals surface area contributed by atoms with E-state index < -0.39 is 16.1 Å². The summed E-state index contributed by atoms with van der Waals surface area (Å²) in [7, 11) is 0.140. The normalized spacial score (nSPS) is 22.6. The maximum absolute atomic E-state index is 13.5. The highest BCUT2D eigenvalue weighted by Crippen LogP contribution is 2.37. The van der Waals surface area contributed by atoms with Gasteiger partial charge in [-0.1, -0.05) is 37.3 Å². The number of benzene rings is 2. The van der Waals surface area contributed by atoms with Gasteiger partial charge < -0.3 is 14.7 Å². The van der Waals surface area contributed by atoms with Crippen molar-refractivity contribution in [3.05, 3.63) is 48.0 Å². The van der Waals surface area contributed by atoms with Crippen LogP contribution in [0.25, 0.3) is 11.1 Å². The molecule has 0 aliphatic carbocycles. The summed E-state index contributed by atoms with van der Waals surface area (Å²) in [6.07, 6.45) is -0.185. The molecule has 30 heavy (non-hydrogen) atoms. The van der Waals surface area contributed by atoms with Crippen LogP contribution in [0.2, 0.25) is 0 Å². The molecule has 0 aromatic heterocycles. The van der Waals surface area contributed by atoms with Crippen molar-refractivity contribution in [2.24, 2.45) is 5.92 Å². The minimum absolute atomic E-state index is 0.0496. The molecule has 0 bridgehead atoms. The molecule has 1 aliphatic rings. The first-order valence-electron chi connectivity index (χ1n) is 10.3. The van der Waals surface area contributed by atoms with Gasteiger partial charge in [-0.15, -0.1) is 0 Å². The summed E-state index contributed by atoms with van der Waals surface area (Å²) in [4.78, 5) is 2.19. The molecule has 0 spiro atoms. The van der Waals surface area contributed by atoms with Crippen LogP contribution in [0.1, 0.15) is 19.4 Å². The lowest BCUT2D eigenvalue weighted by Crippen LogP contribution is -2.49. The second-order valence-electron chi connectivity index (χ2n) is 8.48. The molecule has 2 aromatic carbocycles. The number of hydrogen-bond donors (Lipinski definition) is 1. The summed E-state index contributed by atoms with van der Waals surface area (Å²) in [5.74, 6) is 0.315. The van der Waals surface area contributed by atoms with Crippen LogP contribution in [0.3, 0.4) is 0 Å². The molecule has 164 valence electrons. The van der Waals surface area contributed by atoms with E-state index in [9.17, 15) is 13.5 Å². The molecule has 0 saturated carbocycles. The molecule has 0 radical (unpaired) electrons. The van der Waals surface area contributed by atoms with Gasteiger partial charge in [0.25, 0.3) is 0 Å². The highest BCUT2D eigenvalue weighted by Gasteiger charge is 2.38. The number of hydrogen-bond acceptors (Lipinski definition) is 5. The molecule has 3 atom stereocenters. The molecular weight excluding hydrogens is 400 g/mol. The zero-order chi connectivity index (χ0) is 22.1. The van der Waals surface area contributed by atoms with Crippen molar-refractivity contribution < 1.29 is 18.3 Å². The second kappa shape index (κ2) is 9.06. The molecule has 3 rings (SSSR count). The molecule has 1 heterocycles. The van der Waals surface area contributed by atoms with Crippen LogP contribution in [-0.4, -0.2) is 68.7 Å². The molecule has 1 N–H and O–H groups in total. The second-order valence-corrected chi connectivity index (χ2v) is 10.3. The van der Waals surface area contributed by atoms with Crippen LogP contribution >= 0.6 is 0 Å². The van der Waals surface area contributed by atoms with E-state index in [1.165, 1.54) is 4.31 Å². The van der Waals surface area contributed by atoms with Crippen molar-refractivity contribution in [2.75, 3.05) is 33.8 Å². The third-order valence-electron chi connectivity index (χ3n) is 5.67. The van der Waals surface area contributed by atoms with Crippen LogP contribution in [0.5, 0.6) is 5.75 Å². The SMILES string of the molecule is Cc1ccccc1-c1ccc2c(c1)O[C@H](CN(C)C)[C@@H](C)CN([C@@H](C)CO)S2(=O)=O. The third kappa shape index (κ3) is 4.54. The van der Waals surface area contributed by atoms with Crippen molar-refractivity contribution in [3.63, 3.8) is 0 Å². The lowest BCUT2D eigenvalue weighted by molar-refractivity contribution is 0.0813. The standard InChI is InChI=1S/C23H32N2O4S/c1-16-8-6-7-9-20(16)19-10-11-23-21(12-19)29-22(14-24(4)5)17(2)13-25(18(3)15-26)30(23,27)28/h6-12,17-18,22,26H,13-15H2,1-5H3/t17-,18-,22+/m0/s1. The number of fused-ring (bicyclic) bond motifs is 1. The molecule has 0 fully saturated rings. The third-order valence-corrected chi connectivity index (χ3v) is 7.69. The van der Waals surface area contributed by atoms with Gasteiger partial charge in [-0.25, -0.2) is 8.42 Å². The van der Waals surface area contributed by atoms with Gasteiger partial charge in [0.1, 0.15) is 16.7 Å². The number of likely N-dealkylation sites (N-methyl/N-ethyl adjacent to an activating group) is 1. The molecule has 0 amide bonds. The first kappa shape index (κ1) is 22.7. The summed E-state index contributed by atoms with van der Waals surface area (Å²) in [5, 5.41) is 9.70. The quantitative estimate of drug-likeness (QED) is 0.787. The van der Waals surface area contributed by atoms with Crippen molar-refractivity contribution in [3.8, 4) is 16.9 Å². The average molecular weight is 433 g/mol. The Bertz CT molecular complexity index is 990. The van der Waals surface area contributed by atoms with E-state index >= 15 is 0 Å². The van der Waals surface area contributed by atoms with E-state index in [1.54, 1.807) is 13.0 Å². The van der Waals surface area contributed by atoms with E-state index in [2.05, 4.69) is 0 Å². The Morgan fingerprint density at radius 2 is 1.93 bits per heavy atom. The maximum Gasteiger partial charge on any atom is 0.247 e. The number of aryl methyl sites for hydroxylation is 1. The fraction of sp³-hybridized carbons (Fsp3) is 0.478. The number of sulfonamides is 1. The van der Waals surface area contributed by atoms with Gasteiger partial charge in [-0.3, -0.25) is 0 Å². The Kier molecular flexibility index (Phi) is 6.87. The summed E-state index contributed by atoms with van der Waals surface area (Å²) >= 11 is 0. The minimum Gasteiger partial charge on any atom is -0.487 e. The number of rotatable bonds is 5. The van der Waals surface area contributed by atoms with E-state index in [0.29, 0.717) is 18.8 Å². The van der Waals surface area contributed by atoms with Crippen LogP contribution in [-0.2, 0) is 10.0 Å². The van der Waals surface area contributed by atoms with Crippen molar-refractivity contribution >= 4 is 10.0 Å². The van der Waals surface area contributed by atoms with Gasteiger partial charge in [0, 0.05) is 25.0 Å². The van der Waals surface area contributed by atoms with E-state index in [0.717, 1.165) is 16.7 Å². The summed E-state index contributed by atoms with van der Waals surface area (Å²) < 4.78 is 34.7. The molecule has 6 nitrogen and oxygen atoms in total. The zero-order valence-corrected chi connectivity index (χ0v) is 19.2. The molecule has 2 aromatic rings. The van der Waals surface area contributed by atoms with Gasteiger partial charge >= 0.3 is 0 Å². The lowest BCUT2D eigenvalue weighted by Gasteiger charge is -2.37. The van der Waals surface area contributed by atoms with Crippen molar-refractivity contribution in [1.29, 1.82) is 0 Å². The Labute approximate surface area is 180 Å². The van der Waals surface area contributed by atoms with E-state index in [-0.39, 0.29) is 23.5 Å². The van der Waals surface area contributed by atoms with Gasteiger partial charge in [0.05, 0.1) is 6.61 Å². The number of ether oxygens (including phenoxy) is 1. The van der Waals surface area contributed by atoms with Crippen LogP contribution in [0.4, 0.5) is 0 Å². The van der Waals surface area contributed by atoms with Gasteiger partial charge in [0.15, 0.2) is 0 Å². The highest BCUT2D eigenvalue weighted by molar-refractivity contribution is 7.89. The predicted octanol–water partition coefficient (Wildman–Crippen LogP) is 2.99. The van der Waals surface area contributed by atoms with Crippen molar-refractivity contribution in [1.82, 2.24) is 9.21 Å². The van der Waals surface area contributed by atoms with E-state index in [4.69, 9.17) is 4.74 Å². The predicted molar refractivity (Wildman–Crippen MR) is 119 cm³/mol. The first-order valence-corrected chi connectivity index (χ1v) is 11.7. The number of nitrogens with zero attached hydrogens (tertiary/aromatic N) is 2. The number of aliphatic hydroxyl groups excluding tert-OH is 1. The van der Waals surface area contributed by atoms with E-state index in [1.807, 2.05) is 69.2 Å². The fourth-order valence-corrected chi connectivity index (χ4v) is 5.69. The van der Waals surface area contributed by atoms with Crippen LogP contribution < -0.4 is 4.74 Å². The summed E-state index contributed by atoms with van der Waals surface area (Å²) in [6, 6.07) is 12.8. The first-order chi connectivity index (χ1) is 14.1. The lowest BCUT2D eigenvalue weighted by atomic mass is 10.00. The fourth-order valence-electron chi connectivity index (χ4n) is 3.87. The molecule has 0 saturated heterocycles. The zero-order valence-electron chi connectivity index (χ0n) is 18.4.